The molecular weight excluding hydrogens is 153 g/mol. The Morgan fingerprint density at radius 2 is 1.82 bits per heavy atom. The largest absolute Gasteiger partial charge is 0.479 e. The van der Waals surface area contributed by atoms with Crippen LogP contribution in [0, 0.1) is 0 Å². The topological polar surface area (TPSA) is 83.8 Å². The molecule has 0 rings (SSSR count). The van der Waals surface area contributed by atoms with Gasteiger partial charge in [0.15, 0.2) is 6.10 Å². The van der Waals surface area contributed by atoms with Gasteiger partial charge in [-0.3, -0.25) is 0 Å². The molecule has 0 bridgehead atoms. The van der Waals surface area contributed by atoms with E-state index in [0.29, 0.717) is 0 Å². The van der Waals surface area contributed by atoms with Crippen molar-refractivity contribution in [1.82, 2.24) is 0 Å². The molecule has 0 spiro atoms. The van der Waals surface area contributed by atoms with Crippen molar-refractivity contribution in [3.05, 3.63) is 0 Å². The number of aliphatic hydroxyl groups excluding tert-OH is 1. The van der Waals surface area contributed by atoms with Gasteiger partial charge in [0.05, 0.1) is 0 Å². The van der Waals surface area contributed by atoms with Crippen molar-refractivity contribution in [2.24, 2.45) is 0 Å². The molecular formula is C6H10O5. The number of aliphatic hydroxyl groups is 1. The summed E-state index contributed by atoms with van der Waals surface area (Å²) >= 11 is 0. The summed E-state index contributed by atoms with van der Waals surface area (Å²) in [5.74, 6) is -2.17. The van der Waals surface area contributed by atoms with E-state index < -0.39 is 24.1 Å². The first-order valence-corrected chi connectivity index (χ1v) is 3.06. The summed E-state index contributed by atoms with van der Waals surface area (Å²) in [4.78, 5) is 20.6. The first-order chi connectivity index (χ1) is 4.95. The molecule has 64 valence electrons. The summed E-state index contributed by atoms with van der Waals surface area (Å²) in [6.45, 7) is 2.42. The van der Waals surface area contributed by atoms with Crippen molar-refractivity contribution in [1.29, 1.82) is 0 Å². The predicted octanol–water partition coefficient (Wildman–Crippen LogP) is -0.617. The van der Waals surface area contributed by atoms with Gasteiger partial charge in [-0.2, -0.15) is 0 Å². The van der Waals surface area contributed by atoms with Gasteiger partial charge in [-0.05, 0) is 13.8 Å². The highest BCUT2D eigenvalue weighted by atomic mass is 16.6. The van der Waals surface area contributed by atoms with Gasteiger partial charge in [0.25, 0.3) is 0 Å². The number of carboxylic acids is 1. The Labute approximate surface area is 63.6 Å². The van der Waals surface area contributed by atoms with E-state index in [-0.39, 0.29) is 0 Å². The lowest BCUT2D eigenvalue weighted by Gasteiger charge is -2.09. The number of hydrogen-bond donors (Lipinski definition) is 2. The van der Waals surface area contributed by atoms with Crippen LogP contribution in [0.25, 0.3) is 0 Å². The van der Waals surface area contributed by atoms with Gasteiger partial charge < -0.3 is 14.9 Å². The van der Waals surface area contributed by atoms with E-state index in [2.05, 4.69) is 4.74 Å². The van der Waals surface area contributed by atoms with Crippen LogP contribution in [0.5, 0.6) is 0 Å². The molecule has 0 heterocycles. The Balaban J connectivity index is 3.85. The predicted molar refractivity (Wildman–Crippen MR) is 34.9 cm³/mol. The third-order valence-corrected chi connectivity index (χ3v) is 0.982. The third kappa shape index (κ3) is 3.57. The molecule has 0 aromatic heterocycles. The van der Waals surface area contributed by atoms with Gasteiger partial charge in [-0.1, -0.05) is 0 Å². The van der Waals surface area contributed by atoms with Gasteiger partial charge in [-0.15, -0.1) is 0 Å². The van der Waals surface area contributed by atoms with Crippen molar-refractivity contribution in [3.8, 4) is 0 Å². The van der Waals surface area contributed by atoms with Gasteiger partial charge in [0.2, 0.25) is 0 Å². The minimum absolute atomic E-state index is 0.931. The van der Waals surface area contributed by atoms with Crippen LogP contribution >= 0.6 is 0 Å². The number of aliphatic carboxylic acids is 1. The number of carbonyl (C=O) groups excluding carboxylic acids is 1. The molecule has 5 heteroatoms. The van der Waals surface area contributed by atoms with Crippen LogP contribution in [0.2, 0.25) is 0 Å². The van der Waals surface area contributed by atoms with Crippen molar-refractivity contribution in [2.45, 2.75) is 26.1 Å². The quantitative estimate of drug-likeness (QED) is 0.428. The molecule has 11 heavy (non-hydrogen) atoms. The van der Waals surface area contributed by atoms with Crippen molar-refractivity contribution in [2.75, 3.05) is 0 Å². The molecule has 2 atom stereocenters. The summed E-state index contributed by atoms with van der Waals surface area (Å²) < 4.78 is 4.28. The second kappa shape index (κ2) is 3.92. The molecule has 0 aliphatic heterocycles. The highest BCUT2D eigenvalue weighted by Crippen LogP contribution is 1.94. The van der Waals surface area contributed by atoms with E-state index in [1.807, 2.05) is 0 Å². The lowest BCUT2D eigenvalue weighted by molar-refractivity contribution is -0.168. The summed E-state index contributed by atoms with van der Waals surface area (Å²) in [5.41, 5.74) is 0. The fourth-order valence-corrected chi connectivity index (χ4v) is 0.323. The van der Waals surface area contributed by atoms with Crippen LogP contribution in [0.15, 0.2) is 0 Å². The lowest BCUT2D eigenvalue weighted by atomic mass is 10.4. The highest BCUT2D eigenvalue weighted by molar-refractivity contribution is 5.79. The molecule has 5 nitrogen and oxygen atoms in total. The van der Waals surface area contributed by atoms with E-state index in [4.69, 9.17) is 10.2 Å². The Kier molecular flexibility index (Phi) is 3.53. The molecule has 0 saturated heterocycles. The van der Waals surface area contributed by atoms with Gasteiger partial charge in [-0.25, -0.2) is 9.59 Å². The minimum atomic E-state index is -1.28. The maximum Gasteiger partial charge on any atom is 0.344 e. The average molecular weight is 163 g/mol. The number of esters is 1. The third-order valence-electron chi connectivity index (χ3n) is 0.982. The summed E-state index contributed by atoms with van der Waals surface area (Å²) in [5, 5.41) is 16.8. The van der Waals surface area contributed by atoms with Crippen LogP contribution in [0.3, 0.4) is 0 Å². The summed E-state index contributed by atoms with van der Waals surface area (Å²) in [6.07, 6.45) is -2.49. The number of rotatable bonds is 3. The molecule has 2 unspecified atom stereocenters. The maximum absolute atomic E-state index is 10.5. The molecule has 0 aromatic rings. The molecule has 0 saturated carbocycles. The zero-order chi connectivity index (χ0) is 9.02. The van der Waals surface area contributed by atoms with E-state index in [0.717, 1.165) is 0 Å². The van der Waals surface area contributed by atoms with Crippen molar-refractivity contribution >= 4 is 11.9 Å². The Hall–Kier alpha value is -1.10. The molecule has 0 aromatic carbocycles. The SMILES string of the molecule is CC(O)C(=O)O[13CH](C)C(=O)O. The van der Waals surface area contributed by atoms with Crippen LogP contribution in [0.1, 0.15) is 13.8 Å². The smallest absolute Gasteiger partial charge is 0.344 e. The zero-order valence-corrected chi connectivity index (χ0v) is 6.27. The molecule has 0 radical (unpaired) electrons. The summed E-state index contributed by atoms with van der Waals surface area (Å²) in [6, 6.07) is 0. The van der Waals surface area contributed by atoms with Crippen molar-refractivity contribution in [3.63, 3.8) is 0 Å². The van der Waals surface area contributed by atoms with Gasteiger partial charge in [0, 0.05) is 0 Å². The zero-order valence-electron chi connectivity index (χ0n) is 6.27. The Morgan fingerprint density at radius 1 is 1.36 bits per heavy atom. The Morgan fingerprint density at radius 3 is 2.09 bits per heavy atom. The van der Waals surface area contributed by atoms with E-state index >= 15 is 0 Å². The first-order valence-electron chi connectivity index (χ1n) is 3.06. The van der Waals surface area contributed by atoms with Crippen LogP contribution < -0.4 is 0 Å². The second-order valence-corrected chi connectivity index (χ2v) is 2.09. The molecule has 0 aliphatic carbocycles. The van der Waals surface area contributed by atoms with Crippen LogP contribution in [0.4, 0.5) is 0 Å². The number of hydrogen-bond acceptors (Lipinski definition) is 4. The van der Waals surface area contributed by atoms with Crippen LogP contribution in [-0.4, -0.2) is 34.4 Å². The standard InChI is InChI=1S/C6H10O5/c1-3(7)6(10)11-4(2)5(8)9/h3-4,7H,1-2H3,(H,8,9)/i4+1. The van der Waals surface area contributed by atoms with Crippen molar-refractivity contribution < 1.29 is 24.5 Å². The number of carbonyl (C=O) groups is 2. The minimum Gasteiger partial charge on any atom is -0.479 e. The highest BCUT2D eigenvalue weighted by Gasteiger charge is 2.18. The maximum atomic E-state index is 10.5. The monoisotopic (exact) mass is 163 g/mol. The van der Waals surface area contributed by atoms with E-state index in [9.17, 15) is 9.59 Å². The van der Waals surface area contributed by atoms with Crippen LogP contribution in [-0.2, 0) is 14.3 Å². The average Bonchev–Trinajstić information content (AvgIpc) is 1.87. The van der Waals surface area contributed by atoms with Gasteiger partial charge in [0.1, 0.15) is 6.10 Å². The Bertz CT molecular complexity index is 162. The molecule has 0 aliphatic rings. The molecule has 0 fully saturated rings. The second-order valence-electron chi connectivity index (χ2n) is 2.09. The first kappa shape index (κ1) is 9.90. The van der Waals surface area contributed by atoms with E-state index in [1.54, 1.807) is 0 Å². The lowest BCUT2D eigenvalue weighted by Crippen LogP contribution is -2.29. The normalized spacial score (nSPS) is 15.2. The number of ether oxygens (including phenoxy) is 1. The fraction of sp³-hybridized carbons (Fsp3) is 0.667. The number of carboxylic acid groups (broad SMARTS) is 1. The summed E-state index contributed by atoms with van der Waals surface area (Å²) in [7, 11) is 0. The fourth-order valence-electron chi connectivity index (χ4n) is 0.323. The van der Waals surface area contributed by atoms with Gasteiger partial charge >= 0.3 is 11.9 Å². The molecule has 2 N–H and O–H groups in total. The van der Waals surface area contributed by atoms with E-state index in [1.165, 1.54) is 13.8 Å². The molecule has 0 amide bonds.